The molecule has 0 aliphatic carbocycles. The maximum absolute atomic E-state index is 6.69. The van der Waals surface area contributed by atoms with E-state index in [9.17, 15) is 0 Å². The van der Waals surface area contributed by atoms with Crippen molar-refractivity contribution >= 4 is 12.9 Å². The third-order valence-corrected chi connectivity index (χ3v) is 2.99. The fourth-order valence-electron chi connectivity index (χ4n) is 1.90. The van der Waals surface area contributed by atoms with Crippen molar-refractivity contribution < 1.29 is 9.29 Å². The van der Waals surface area contributed by atoms with E-state index in [1.54, 1.807) is 0 Å². The predicted molar refractivity (Wildman–Crippen MR) is 87.2 cm³/mol. The summed E-state index contributed by atoms with van der Waals surface area (Å²) >= 11 is 2.53. The second-order valence-electron chi connectivity index (χ2n) is 4.63. The van der Waals surface area contributed by atoms with Crippen LogP contribution in [0.3, 0.4) is 0 Å². The largest absolute Gasteiger partial charge is 0.377 e. The number of rotatable bonds is 6. The van der Waals surface area contributed by atoms with Gasteiger partial charge in [0.05, 0.1) is 6.61 Å². The van der Waals surface area contributed by atoms with Crippen LogP contribution < -0.4 is 0 Å². The van der Waals surface area contributed by atoms with Crippen molar-refractivity contribution in [3.05, 3.63) is 71.3 Å². The van der Waals surface area contributed by atoms with E-state index < -0.39 is 0 Å². The van der Waals surface area contributed by atoms with Gasteiger partial charge in [-0.05, 0) is 43.8 Å². The van der Waals surface area contributed by atoms with E-state index in [0.717, 1.165) is 26.1 Å². The van der Waals surface area contributed by atoms with Crippen molar-refractivity contribution in [1.29, 1.82) is 0 Å². The summed E-state index contributed by atoms with van der Waals surface area (Å²) < 4.78 is 12.4. The molecule has 0 aliphatic heterocycles. The Morgan fingerprint density at radius 2 is 1.55 bits per heavy atom. The summed E-state index contributed by atoms with van der Waals surface area (Å²) in [6, 6.07) is 19.1. The van der Waals surface area contributed by atoms with Crippen LogP contribution in [-0.4, -0.2) is 11.2 Å². The number of hydrogen-bond donors (Lipinski definition) is 2. The molecule has 2 aromatic carbocycles. The minimum absolute atomic E-state index is 0.717. The Balaban J connectivity index is 0.000000956. The molecule has 0 saturated carbocycles. The minimum atomic E-state index is 0.717. The summed E-state index contributed by atoms with van der Waals surface area (Å²) in [6.45, 7) is 3.66. The quantitative estimate of drug-likeness (QED) is 0.465. The van der Waals surface area contributed by atoms with Crippen molar-refractivity contribution in [2.24, 2.45) is 0 Å². The van der Waals surface area contributed by atoms with Crippen LogP contribution >= 0.6 is 12.9 Å². The van der Waals surface area contributed by atoms with Crippen LogP contribution in [0, 0.1) is 6.92 Å². The van der Waals surface area contributed by atoms with E-state index in [2.05, 4.69) is 56.2 Å². The van der Waals surface area contributed by atoms with Crippen LogP contribution in [0.4, 0.5) is 0 Å². The lowest BCUT2D eigenvalue weighted by Crippen LogP contribution is -1.97. The van der Waals surface area contributed by atoms with Gasteiger partial charge < -0.3 is 9.29 Å². The molecule has 0 fully saturated rings. The predicted octanol–water partition coefficient (Wildman–Crippen LogP) is 4.53. The topological polar surface area (TPSA) is 29.5 Å². The highest BCUT2D eigenvalue weighted by Gasteiger charge is 1.95. The fourth-order valence-corrected chi connectivity index (χ4v) is 1.90. The van der Waals surface area contributed by atoms with Crippen LogP contribution in [0.5, 0.6) is 0 Å². The zero-order valence-electron chi connectivity index (χ0n) is 11.8. The smallest absolute Gasteiger partial charge is 0.0716 e. The van der Waals surface area contributed by atoms with Crippen molar-refractivity contribution in [2.45, 2.75) is 26.4 Å². The highest BCUT2D eigenvalue weighted by Crippen LogP contribution is 2.06. The molecule has 0 heterocycles. The third-order valence-electron chi connectivity index (χ3n) is 2.99. The second-order valence-corrected chi connectivity index (χ2v) is 4.63. The van der Waals surface area contributed by atoms with Crippen LogP contribution in [0.25, 0.3) is 0 Å². The first-order valence-corrected chi connectivity index (χ1v) is 7.12. The number of benzene rings is 2. The van der Waals surface area contributed by atoms with Gasteiger partial charge in [-0.2, -0.15) is 0 Å². The Labute approximate surface area is 127 Å². The molecule has 2 rings (SSSR count). The van der Waals surface area contributed by atoms with Gasteiger partial charge in [0.1, 0.15) is 0 Å². The zero-order chi connectivity index (χ0) is 14.6. The molecular weight excluding hydrogens is 268 g/mol. The summed E-state index contributed by atoms with van der Waals surface area (Å²) in [4.78, 5) is 0. The Morgan fingerprint density at radius 3 is 2.20 bits per heavy atom. The Bertz CT molecular complexity index is 454. The maximum atomic E-state index is 6.69. The van der Waals surface area contributed by atoms with Crippen molar-refractivity contribution in [1.82, 2.24) is 0 Å². The lowest BCUT2D eigenvalue weighted by atomic mass is 10.1. The van der Waals surface area contributed by atoms with Gasteiger partial charge in [-0.15, -0.1) is 0 Å². The van der Waals surface area contributed by atoms with Gasteiger partial charge >= 0.3 is 0 Å². The highest BCUT2D eigenvalue weighted by atomic mass is 32.1. The van der Waals surface area contributed by atoms with E-state index in [-0.39, 0.29) is 0 Å². The normalized spacial score (nSPS) is 9.75. The van der Waals surface area contributed by atoms with Crippen LogP contribution in [0.2, 0.25) is 0 Å². The summed E-state index contributed by atoms with van der Waals surface area (Å²) in [7, 11) is 0. The molecule has 0 amide bonds. The molecule has 0 atom stereocenters. The van der Waals surface area contributed by atoms with Gasteiger partial charge in [-0.25, -0.2) is 0 Å². The second kappa shape index (κ2) is 10.5. The molecule has 0 saturated heterocycles. The van der Waals surface area contributed by atoms with E-state index in [4.69, 9.17) is 9.29 Å². The maximum Gasteiger partial charge on any atom is 0.0716 e. The van der Waals surface area contributed by atoms with Gasteiger partial charge in [-0.3, -0.25) is 0 Å². The summed E-state index contributed by atoms with van der Waals surface area (Å²) in [5.74, 6) is 0. The van der Waals surface area contributed by atoms with E-state index in [0.29, 0.717) is 0 Å². The van der Waals surface area contributed by atoms with Crippen LogP contribution in [-0.2, 0) is 17.8 Å². The summed E-state index contributed by atoms with van der Waals surface area (Å²) in [6.07, 6.45) is 2.17. The monoisotopic (exact) mass is 290 g/mol. The molecule has 20 heavy (non-hydrogen) atoms. The zero-order valence-corrected chi connectivity index (χ0v) is 12.7. The third kappa shape index (κ3) is 6.75. The average molecular weight is 290 g/mol. The SMILES string of the molecule is Cc1ccc(CCCOCc2ccccc2)cc1.OS. The Hall–Kier alpha value is -1.29. The molecule has 0 aromatic heterocycles. The van der Waals surface area contributed by atoms with Crippen molar-refractivity contribution in [3.8, 4) is 0 Å². The number of thiol groups is 1. The molecule has 2 aromatic rings. The molecule has 0 bridgehead atoms. The summed E-state index contributed by atoms with van der Waals surface area (Å²) in [5.41, 5.74) is 3.95. The minimum Gasteiger partial charge on any atom is -0.377 e. The Kier molecular flexibility index (Phi) is 8.79. The molecule has 0 spiro atoms. The van der Waals surface area contributed by atoms with Crippen molar-refractivity contribution in [3.63, 3.8) is 0 Å². The molecule has 0 unspecified atom stereocenters. The Morgan fingerprint density at radius 1 is 0.900 bits per heavy atom. The lowest BCUT2D eigenvalue weighted by Gasteiger charge is -2.05. The van der Waals surface area contributed by atoms with E-state index in [1.165, 1.54) is 16.7 Å². The van der Waals surface area contributed by atoms with E-state index >= 15 is 0 Å². The van der Waals surface area contributed by atoms with Gasteiger partial charge in [0.2, 0.25) is 0 Å². The first-order valence-electron chi connectivity index (χ1n) is 6.72. The molecule has 1 N–H and O–H groups in total. The highest BCUT2D eigenvalue weighted by molar-refractivity contribution is 7.74. The lowest BCUT2D eigenvalue weighted by molar-refractivity contribution is 0.118. The number of aryl methyl sites for hydroxylation is 2. The molecule has 0 aliphatic rings. The molecule has 0 radical (unpaired) electrons. The van der Waals surface area contributed by atoms with Gasteiger partial charge in [-0.1, -0.05) is 60.2 Å². The summed E-state index contributed by atoms with van der Waals surface area (Å²) in [5, 5.41) is 0. The van der Waals surface area contributed by atoms with E-state index in [1.807, 2.05) is 18.2 Å². The van der Waals surface area contributed by atoms with Gasteiger partial charge in [0, 0.05) is 6.61 Å². The molecule has 3 heteroatoms. The first-order chi connectivity index (χ1) is 9.84. The molecule has 108 valence electrons. The average Bonchev–Trinajstić information content (AvgIpc) is 2.52. The van der Waals surface area contributed by atoms with Gasteiger partial charge in [0.15, 0.2) is 0 Å². The number of ether oxygens (including phenoxy) is 1. The fraction of sp³-hybridized carbons (Fsp3) is 0.294. The number of hydrogen-bond acceptors (Lipinski definition) is 3. The molecule has 2 nitrogen and oxygen atoms in total. The van der Waals surface area contributed by atoms with Crippen LogP contribution in [0.1, 0.15) is 23.1 Å². The van der Waals surface area contributed by atoms with Crippen LogP contribution in [0.15, 0.2) is 54.6 Å². The first kappa shape index (κ1) is 16.8. The van der Waals surface area contributed by atoms with Crippen molar-refractivity contribution in [2.75, 3.05) is 6.61 Å². The van der Waals surface area contributed by atoms with Gasteiger partial charge in [0.25, 0.3) is 0 Å². The standard InChI is InChI=1S/C17H20O.H2OS/c1-15-9-11-16(12-10-15)8-5-13-18-14-17-6-3-2-4-7-17;1-2/h2-4,6-7,9-12H,5,8,13-14H2,1H3;1-2H. The molecular formula is C17H22O2S.